The summed E-state index contributed by atoms with van der Waals surface area (Å²) in [6.07, 6.45) is 3.51. The number of aliphatic hydroxyl groups is 1. The van der Waals surface area contributed by atoms with Gasteiger partial charge in [0.05, 0.1) is 23.1 Å². The topological polar surface area (TPSA) is 70.5 Å². The third kappa shape index (κ3) is 2.85. The summed E-state index contributed by atoms with van der Waals surface area (Å²) < 4.78 is 0. The Bertz CT molecular complexity index is 608. The molecule has 1 aromatic heterocycles. The van der Waals surface area contributed by atoms with Crippen molar-refractivity contribution in [1.82, 2.24) is 4.98 Å². The normalized spacial score (nSPS) is 17.0. The van der Waals surface area contributed by atoms with Crippen molar-refractivity contribution in [2.75, 3.05) is 11.5 Å². The predicted octanol–water partition coefficient (Wildman–Crippen LogP) is 1.95. The maximum atomic E-state index is 12.6. The first kappa shape index (κ1) is 15.7. The number of thiazole rings is 1. The number of amides is 2. The van der Waals surface area contributed by atoms with Crippen LogP contribution >= 0.6 is 11.3 Å². The Morgan fingerprint density at radius 2 is 2.14 bits per heavy atom. The summed E-state index contributed by atoms with van der Waals surface area (Å²) in [4.78, 5) is 30.8. The van der Waals surface area contributed by atoms with Crippen LogP contribution in [0.3, 0.4) is 0 Å². The number of aromatic nitrogens is 1. The van der Waals surface area contributed by atoms with E-state index in [0.717, 1.165) is 0 Å². The first-order valence-corrected chi connectivity index (χ1v) is 7.82. The lowest BCUT2D eigenvalue weighted by Crippen LogP contribution is -2.35. The summed E-state index contributed by atoms with van der Waals surface area (Å²) in [6, 6.07) is 0. The molecule has 0 bridgehead atoms. The number of aliphatic hydroxyl groups excluding tert-OH is 1. The molecule has 1 aromatic rings. The molecule has 1 N–H and O–H groups in total. The minimum atomic E-state index is -0.578. The lowest BCUT2D eigenvalue weighted by atomic mass is 9.81. The van der Waals surface area contributed by atoms with Gasteiger partial charge in [-0.15, -0.1) is 0 Å². The van der Waals surface area contributed by atoms with E-state index in [-0.39, 0.29) is 24.8 Å². The average Bonchev–Trinajstić information content (AvgIpc) is 3.02. The van der Waals surface area contributed by atoms with Gasteiger partial charge in [-0.3, -0.25) is 9.59 Å². The van der Waals surface area contributed by atoms with Crippen LogP contribution < -0.4 is 4.90 Å². The second-order valence-corrected chi connectivity index (χ2v) is 5.99. The summed E-state index contributed by atoms with van der Waals surface area (Å²) in [5, 5.41) is 9.08. The SMILES string of the molecule is CCC1(CC)CC(=O)N(c2ncc(C#CCCO)s2)C1=O. The van der Waals surface area contributed by atoms with E-state index in [1.54, 1.807) is 6.20 Å². The van der Waals surface area contributed by atoms with Crippen molar-refractivity contribution in [3.05, 3.63) is 11.1 Å². The standard InChI is InChI=1S/C15H18N2O3S/c1-3-15(4-2)9-12(19)17(13(15)20)14-16-10-11(21-14)7-5-6-8-18/h10,18H,3-4,6,8-9H2,1-2H3. The van der Waals surface area contributed by atoms with Gasteiger partial charge in [0.25, 0.3) is 0 Å². The van der Waals surface area contributed by atoms with Crippen molar-refractivity contribution < 1.29 is 14.7 Å². The van der Waals surface area contributed by atoms with Gasteiger partial charge in [-0.1, -0.05) is 37.0 Å². The second kappa shape index (κ2) is 6.37. The molecule has 1 aliphatic rings. The number of hydrogen-bond donors (Lipinski definition) is 1. The van der Waals surface area contributed by atoms with Crippen LogP contribution in [0.5, 0.6) is 0 Å². The van der Waals surface area contributed by atoms with E-state index < -0.39 is 5.41 Å². The van der Waals surface area contributed by atoms with E-state index in [2.05, 4.69) is 16.8 Å². The fourth-order valence-electron chi connectivity index (χ4n) is 2.42. The number of anilines is 1. The molecule has 5 nitrogen and oxygen atoms in total. The molecule has 21 heavy (non-hydrogen) atoms. The maximum Gasteiger partial charge on any atom is 0.242 e. The number of hydrogen-bond acceptors (Lipinski definition) is 5. The van der Waals surface area contributed by atoms with Crippen LogP contribution in [0.1, 0.15) is 44.4 Å². The van der Waals surface area contributed by atoms with Crippen molar-refractivity contribution in [3.63, 3.8) is 0 Å². The molecule has 1 fully saturated rings. The van der Waals surface area contributed by atoms with E-state index in [9.17, 15) is 9.59 Å². The van der Waals surface area contributed by atoms with Gasteiger partial charge in [-0.2, -0.15) is 0 Å². The Morgan fingerprint density at radius 1 is 1.43 bits per heavy atom. The molecule has 0 aromatic carbocycles. The van der Waals surface area contributed by atoms with Gasteiger partial charge in [0.2, 0.25) is 11.8 Å². The quantitative estimate of drug-likeness (QED) is 0.682. The first-order chi connectivity index (χ1) is 10.1. The number of nitrogens with zero attached hydrogens (tertiary/aromatic N) is 2. The molecular formula is C15H18N2O3S. The fourth-order valence-corrected chi connectivity index (χ4v) is 3.23. The minimum absolute atomic E-state index is 0.0112. The van der Waals surface area contributed by atoms with Gasteiger partial charge in [0.15, 0.2) is 5.13 Å². The van der Waals surface area contributed by atoms with Crippen molar-refractivity contribution >= 4 is 28.3 Å². The predicted molar refractivity (Wildman–Crippen MR) is 80.8 cm³/mol. The van der Waals surface area contributed by atoms with Crippen LogP contribution in [-0.2, 0) is 9.59 Å². The van der Waals surface area contributed by atoms with Gasteiger partial charge in [-0.25, -0.2) is 9.88 Å². The molecule has 0 atom stereocenters. The van der Waals surface area contributed by atoms with Gasteiger partial charge < -0.3 is 5.11 Å². The third-order valence-electron chi connectivity index (χ3n) is 3.88. The van der Waals surface area contributed by atoms with Crippen LogP contribution in [0.2, 0.25) is 0 Å². The molecule has 6 heteroatoms. The third-order valence-corrected chi connectivity index (χ3v) is 4.78. The summed E-state index contributed by atoms with van der Waals surface area (Å²) in [7, 11) is 0. The van der Waals surface area contributed by atoms with Gasteiger partial charge >= 0.3 is 0 Å². The Balaban J connectivity index is 2.25. The van der Waals surface area contributed by atoms with Crippen LogP contribution in [0.25, 0.3) is 0 Å². The molecule has 1 saturated heterocycles. The molecule has 2 heterocycles. The van der Waals surface area contributed by atoms with E-state index in [4.69, 9.17) is 5.11 Å². The zero-order valence-electron chi connectivity index (χ0n) is 12.2. The smallest absolute Gasteiger partial charge is 0.242 e. The lowest BCUT2D eigenvalue weighted by molar-refractivity contribution is -0.126. The average molecular weight is 306 g/mol. The molecule has 0 saturated carbocycles. The minimum Gasteiger partial charge on any atom is -0.395 e. The molecule has 2 rings (SSSR count). The van der Waals surface area contributed by atoms with Gasteiger partial charge in [0.1, 0.15) is 0 Å². The van der Waals surface area contributed by atoms with Crippen molar-refractivity contribution in [2.45, 2.75) is 39.5 Å². The fraction of sp³-hybridized carbons (Fsp3) is 0.533. The van der Waals surface area contributed by atoms with Gasteiger partial charge in [0, 0.05) is 12.8 Å². The summed E-state index contributed by atoms with van der Waals surface area (Å²) >= 11 is 1.23. The largest absolute Gasteiger partial charge is 0.395 e. The number of carbonyl (C=O) groups excluding carboxylic acids is 2. The van der Waals surface area contributed by atoms with Gasteiger partial charge in [-0.05, 0) is 12.8 Å². The Labute approximate surface area is 128 Å². The highest BCUT2D eigenvalue weighted by Gasteiger charge is 2.50. The molecule has 0 aliphatic carbocycles. The van der Waals surface area contributed by atoms with Crippen molar-refractivity contribution in [2.24, 2.45) is 5.41 Å². The zero-order valence-corrected chi connectivity index (χ0v) is 13.0. The molecule has 0 unspecified atom stereocenters. The molecule has 0 radical (unpaired) electrons. The molecular weight excluding hydrogens is 288 g/mol. The van der Waals surface area contributed by atoms with Crippen molar-refractivity contribution in [3.8, 4) is 11.8 Å². The highest BCUT2D eigenvalue weighted by molar-refractivity contribution is 7.16. The van der Waals surface area contributed by atoms with Crippen LogP contribution in [-0.4, -0.2) is 28.5 Å². The monoisotopic (exact) mass is 306 g/mol. The summed E-state index contributed by atoms with van der Waals surface area (Å²) in [5.41, 5.74) is -0.578. The molecule has 0 spiro atoms. The van der Waals surface area contributed by atoms with E-state index in [1.165, 1.54) is 16.2 Å². The Morgan fingerprint density at radius 3 is 2.71 bits per heavy atom. The Kier molecular flexibility index (Phi) is 4.76. The van der Waals surface area contributed by atoms with E-state index in [0.29, 0.717) is 29.3 Å². The highest BCUT2D eigenvalue weighted by Crippen LogP contribution is 2.41. The lowest BCUT2D eigenvalue weighted by Gasteiger charge is -2.22. The number of imide groups is 1. The maximum absolute atomic E-state index is 12.6. The molecule has 2 amide bonds. The molecule has 1 aliphatic heterocycles. The van der Waals surface area contributed by atoms with E-state index >= 15 is 0 Å². The van der Waals surface area contributed by atoms with Crippen LogP contribution in [0, 0.1) is 17.3 Å². The Hall–Kier alpha value is -1.71. The zero-order chi connectivity index (χ0) is 15.5. The summed E-state index contributed by atoms with van der Waals surface area (Å²) in [5.74, 6) is 5.32. The molecule has 112 valence electrons. The van der Waals surface area contributed by atoms with Crippen LogP contribution in [0.15, 0.2) is 6.20 Å². The van der Waals surface area contributed by atoms with Crippen molar-refractivity contribution in [1.29, 1.82) is 0 Å². The first-order valence-electron chi connectivity index (χ1n) is 7.01. The highest BCUT2D eigenvalue weighted by atomic mass is 32.1. The second-order valence-electron chi connectivity index (χ2n) is 4.98. The van der Waals surface area contributed by atoms with Crippen LogP contribution in [0.4, 0.5) is 5.13 Å². The summed E-state index contributed by atoms with van der Waals surface area (Å²) in [6.45, 7) is 3.88. The number of rotatable bonds is 4. The number of carbonyl (C=O) groups is 2. The van der Waals surface area contributed by atoms with E-state index in [1.807, 2.05) is 13.8 Å².